The van der Waals surface area contributed by atoms with Crippen molar-refractivity contribution in [3.05, 3.63) is 29.8 Å². The first-order valence-corrected chi connectivity index (χ1v) is 6.88. The number of hydrogen-bond donors (Lipinski definition) is 3. The molecule has 0 saturated heterocycles. The summed E-state index contributed by atoms with van der Waals surface area (Å²) in [5.74, 6) is -0.0258. The van der Waals surface area contributed by atoms with Crippen molar-refractivity contribution >= 4 is 18.0 Å². The molecule has 0 saturated carbocycles. The molecule has 110 valence electrons. The number of anilines is 1. The molecule has 0 bridgehead atoms. The highest BCUT2D eigenvalue weighted by atomic mass is 16.3. The summed E-state index contributed by atoms with van der Waals surface area (Å²) in [5, 5.41) is 15.2. The van der Waals surface area contributed by atoms with Gasteiger partial charge in [-0.25, -0.2) is 0 Å². The van der Waals surface area contributed by atoms with Crippen LogP contribution in [0.5, 0.6) is 0 Å². The van der Waals surface area contributed by atoms with Gasteiger partial charge in [0, 0.05) is 17.8 Å². The van der Waals surface area contributed by atoms with E-state index >= 15 is 0 Å². The van der Waals surface area contributed by atoms with Crippen molar-refractivity contribution in [2.24, 2.45) is 5.92 Å². The molecule has 0 radical (unpaired) electrons. The number of nitrogens with one attached hydrogen (secondary N) is 2. The third-order valence-electron chi connectivity index (χ3n) is 3.44. The van der Waals surface area contributed by atoms with E-state index in [2.05, 4.69) is 10.6 Å². The normalized spacial score (nSPS) is 12.0. The van der Waals surface area contributed by atoms with Crippen LogP contribution in [0.3, 0.4) is 0 Å². The van der Waals surface area contributed by atoms with Crippen molar-refractivity contribution in [3.63, 3.8) is 0 Å². The highest BCUT2D eigenvalue weighted by Gasteiger charge is 2.16. The molecule has 5 heteroatoms. The minimum Gasteiger partial charge on any atom is -0.391 e. The zero-order valence-corrected chi connectivity index (χ0v) is 11.9. The first-order valence-electron chi connectivity index (χ1n) is 6.88. The van der Waals surface area contributed by atoms with Crippen molar-refractivity contribution in [2.75, 3.05) is 11.9 Å². The highest BCUT2D eigenvalue weighted by Crippen LogP contribution is 2.13. The smallest absolute Gasteiger partial charge is 0.251 e. The predicted molar refractivity (Wildman–Crippen MR) is 78.5 cm³/mol. The Hall–Kier alpha value is -1.88. The summed E-state index contributed by atoms with van der Waals surface area (Å²) >= 11 is 0. The van der Waals surface area contributed by atoms with Crippen LogP contribution in [0.4, 0.5) is 5.69 Å². The van der Waals surface area contributed by atoms with Crippen molar-refractivity contribution in [1.82, 2.24) is 5.32 Å². The molecule has 0 spiro atoms. The molecule has 1 rings (SSSR count). The Bertz CT molecular complexity index is 427. The summed E-state index contributed by atoms with van der Waals surface area (Å²) in [6, 6.07) is 6.57. The standard InChI is InChI=1S/C15H22N2O3/c1-3-11(4-2)14(19)9-16-15(20)12-5-7-13(8-6-12)17-10-18/h5-8,10-11,14,19H,3-4,9H2,1-2H3,(H,16,20)(H,17,18). The number of carbonyl (C=O) groups is 2. The predicted octanol–water partition coefficient (Wildman–Crippen LogP) is 1.78. The minimum atomic E-state index is -0.523. The van der Waals surface area contributed by atoms with Crippen LogP contribution in [0, 0.1) is 5.92 Å². The van der Waals surface area contributed by atoms with E-state index < -0.39 is 6.10 Å². The second-order valence-electron chi connectivity index (χ2n) is 4.69. The maximum atomic E-state index is 11.9. The summed E-state index contributed by atoms with van der Waals surface area (Å²) in [5.41, 5.74) is 1.13. The van der Waals surface area contributed by atoms with Gasteiger partial charge in [-0.3, -0.25) is 9.59 Å². The van der Waals surface area contributed by atoms with Crippen LogP contribution in [-0.4, -0.2) is 30.1 Å². The van der Waals surface area contributed by atoms with Crippen molar-refractivity contribution in [2.45, 2.75) is 32.8 Å². The van der Waals surface area contributed by atoms with Crippen LogP contribution in [-0.2, 0) is 4.79 Å². The molecule has 1 aromatic rings. The number of aliphatic hydroxyl groups is 1. The third kappa shape index (κ3) is 4.66. The average Bonchev–Trinajstić information content (AvgIpc) is 2.47. The molecule has 5 nitrogen and oxygen atoms in total. The average molecular weight is 278 g/mol. The monoisotopic (exact) mass is 278 g/mol. The number of amides is 2. The Morgan fingerprint density at radius 1 is 1.25 bits per heavy atom. The first kappa shape index (κ1) is 16.2. The maximum absolute atomic E-state index is 11.9. The van der Waals surface area contributed by atoms with Crippen LogP contribution < -0.4 is 10.6 Å². The Balaban J connectivity index is 2.52. The molecule has 0 aliphatic heterocycles. The summed E-state index contributed by atoms with van der Waals surface area (Å²) in [4.78, 5) is 22.2. The maximum Gasteiger partial charge on any atom is 0.251 e. The van der Waals surface area contributed by atoms with Crippen LogP contribution in [0.25, 0.3) is 0 Å². The Kier molecular flexibility index (Phi) is 6.73. The van der Waals surface area contributed by atoms with Crippen molar-refractivity contribution < 1.29 is 14.7 Å². The van der Waals surface area contributed by atoms with Gasteiger partial charge in [0.2, 0.25) is 6.41 Å². The summed E-state index contributed by atoms with van der Waals surface area (Å²) < 4.78 is 0. The number of rotatable bonds is 8. The van der Waals surface area contributed by atoms with Crippen molar-refractivity contribution in [3.8, 4) is 0 Å². The summed E-state index contributed by atoms with van der Waals surface area (Å²) in [6.45, 7) is 4.30. The Morgan fingerprint density at radius 3 is 2.35 bits per heavy atom. The fourth-order valence-electron chi connectivity index (χ4n) is 2.08. The second kappa shape index (κ2) is 8.32. The number of carbonyl (C=O) groups excluding carboxylic acids is 2. The lowest BCUT2D eigenvalue weighted by Gasteiger charge is -2.20. The van der Waals surface area contributed by atoms with E-state index in [1.165, 1.54) is 0 Å². The van der Waals surface area contributed by atoms with Gasteiger partial charge in [0.05, 0.1) is 6.10 Å². The third-order valence-corrected chi connectivity index (χ3v) is 3.44. The molecule has 1 aromatic carbocycles. The van der Waals surface area contributed by atoms with Crippen LogP contribution in [0.15, 0.2) is 24.3 Å². The number of aliphatic hydroxyl groups excluding tert-OH is 1. The van der Waals surface area contributed by atoms with Crippen LogP contribution >= 0.6 is 0 Å². The molecule has 2 amide bonds. The second-order valence-corrected chi connectivity index (χ2v) is 4.69. The lowest BCUT2D eigenvalue weighted by Crippen LogP contribution is -2.36. The van der Waals surface area contributed by atoms with Gasteiger partial charge >= 0.3 is 0 Å². The summed E-state index contributed by atoms with van der Waals surface area (Å²) in [6.07, 6.45) is 1.84. The number of benzene rings is 1. The lowest BCUT2D eigenvalue weighted by molar-refractivity contribution is -0.105. The zero-order chi connectivity index (χ0) is 15.0. The van der Waals surface area contributed by atoms with Gasteiger partial charge < -0.3 is 15.7 Å². The highest BCUT2D eigenvalue weighted by molar-refractivity contribution is 5.94. The van der Waals surface area contributed by atoms with Gasteiger partial charge in [0.1, 0.15) is 0 Å². The van der Waals surface area contributed by atoms with E-state index in [-0.39, 0.29) is 18.4 Å². The lowest BCUT2D eigenvalue weighted by atomic mass is 9.96. The first-order chi connectivity index (χ1) is 9.62. The van der Waals surface area contributed by atoms with E-state index in [0.29, 0.717) is 17.7 Å². The van der Waals surface area contributed by atoms with E-state index in [4.69, 9.17) is 0 Å². The quantitative estimate of drug-likeness (QED) is 0.634. The molecule has 1 atom stereocenters. The van der Waals surface area contributed by atoms with E-state index in [1.54, 1.807) is 24.3 Å². The minimum absolute atomic E-state index is 0.203. The molecule has 0 aliphatic rings. The molecule has 1 unspecified atom stereocenters. The molecule has 0 fully saturated rings. The van der Waals surface area contributed by atoms with Crippen molar-refractivity contribution in [1.29, 1.82) is 0 Å². The fraction of sp³-hybridized carbons (Fsp3) is 0.467. The van der Waals surface area contributed by atoms with E-state index in [1.807, 2.05) is 13.8 Å². The number of hydrogen-bond acceptors (Lipinski definition) is 3. The Morgan fingerprint density at radius 2 is 1.85 bits per heavy atom. The zero-order valence-electron chi connectivity index (χ0n) is 11.9. The van der Waals surface area contributed by atoms with Crippen LogP contribution in [0.1, 0.15) is 37.0 Å². The van der Waals surface area contributed by atoms with Crippen LogP contribution in [0.2, 0.25) is 0 Å². The Labute approximate surface area is 119 Å². The largest absolute Gasteiger partial charge is 0.391 e. The molecule has 0 aromatic heterocycles. The van der Waals surface area contributed by atoms with Gasteiger partial charge in [-0.1, -0.05) is 26.7 Å². The molecule has 3 N–H and O–H groups in total. The van der Waals surface area contributed by atoms with E-state index in [9.17, 15) is 14.7 Å². The van der Waals surface area contributed by atoms with E-state index in [0.717, 1.165) is 12.8 Å². The summed E-state index contributed by atoms with van der Waals surface area (Å²) in [7, 11) is 0. The molecule has 0 aliphatic carbocycles. The molecular weight excluding hydrogens is 256 g/mol. The van der Waals surface area contributed by atoms with Gasteiger partial charge in [-0.15, -0.1) is 0 Å². The SMILES string of the molecule is CCC(CC)C(O)CNC(=O)c1ccc(NC=O)cc1. The fourth-order valence-corrected chi connectivity index (χ4v) is 2.08. The molecule has 20 heavy (non-hydrogen) atoms. The topological polar surface area (TPSA) is 78.4 Å². The van der Waals surface area contributed by atoms with Gasteiger partial charge in [0.15, 0.2) is 0 Å². The molecular formula is C15H22N2O3. The van der Waals surface area contributed by atoms with Gasteiger partial charge in [-0.2, -0.15) is 0 Å². The van der Waals surface area contributed by atoms with Gasteiger partial charge in [0.25, 0.3) is 5.91 Å². The molecule has 0 heterocycles. The van der Waals surface area contributed by atoms with Gasteiger partial charge in [-0.05, 0) is 30.2 Å².